The van der Waals surface area contributed by atoms with Gasteiger partial charge in [-0.25, -0.2) is 0 Å². The zero-order valence-electron chi connectivity index (χ0n) is 12.0. The molecule has 1 aromatic carbocycles. The molecular weight excluding hydrogens is 294 g/mol. The van der Waals surface area contributed by atoms with Crippen molar-refractivity contribution < 1.29 is 9.47 Å². The smallest absolute Gasteiger partial charge is 0.233 e. The minimum Gasteiger partial charge on any atom is -0.493 e. The van der Waals surface area contributed by atoms with Crippen molar-refractivity contribution in [3.8, 4) is 11.5 Å². The van der Waals surface area contributed by atoms with Crippen molar-refractivity contribution in [2.45, 2.75) is 6.92 Å². The van der Waals surface area contributed by atoms with Crippen molar-refractivity contribution in [3.05, 3.63) is 23.5 Å². The summed E-state index contributed by atoms with van der Waals surface area (Å²) in [6, 6.07) is 5.39. The maximum Gasteiger partial charge on any atom is 0.233 e. The van der Waals surface area contributed by atoms with Gasteiger partial charge in [0, 0.05) is 18.3 Å². The lowest BCUT2D eigenvalue weighted by Crippen LogP contribution is -2.06. The number of anilines is 3. The average Bonchev–Trinajstić information content (AvgIpc) is 2.46. The zero-order chi connectivity index (χ0) is 15.2. The highest BCUT2D eigenvalue weighted by Crippen LogP contribution is 2.30. The van der Waals surface area contributed by atoms with Crippen molar-refractivity contribution in [3.63, 3.8) is 0 Å². The molecule has 0 saturated heterocycles. The number of hydrogen-bond acceptors (Lipinski definition) is 7. The molecule has 8 heteroatoms. The summed E-state index contributed by atoms with van der Waals surface area (Å²) in [7, 11) is 3.16. The second-order valence-electron chi connectivity index (χ2n) is 3.98. The second kappa shape index (κ2) is 6.94. The van der Waals surface area contributed by atoms with E-state index in [2.05, 4.69) is 25.6 Å². The fraction of sp³-hybridized carbons (Fsp3) is 0.308. The molecule has 21 heavy (non-hydrogen) atoms. The predicted octanol–water partition coefficient (Wildman–Crippen LogP) is 2.72. The summed E-state index contributed by atoms with van der Waals surface area (Å²) < 4.78 is 10.4. The molecular formula is C13H16ClN5O2. The monoisotopic (exact) mass is 309 g/mol. The minimum atomic E-state index is 0.115. The Morgan fingerprint density at radius 1 is 1.05 bits per heavy atom. The van der Waals surface area contributed by atoms with E-state index in [4.69, 9.17) is 21.1 Å². The molecule has 0 fully saturated rings. The van der Waals surface area contributed by atoms with Gasteiger partial charge in [0.15, 0.2) is 11.5 Å². The molecule has 0 radical (unpaired) electrons. The number of halogens is 1. The molecule has 2 rings (SSSR count). The first-order valence-corrected chi connectivity index (χ1v) is 6.68. The van der Waals surface area contributed by atoms with E-state index in [9.17, 15) is 0 Å². The van der Waals surface area contributed by atoms with E-state index in [0.717, 1.165) is 5.69 Å². The van der Waals surface area contributed by atoms with E-state index in [1.807, 2.05) is 13.0 Å². The Balaban J connectivity index is 2.25. The molecule has 0 saturated carbocycles. The molecule has 2 N–H and O–H groups in total. The normalized spacial score (nSPS) is 10.1. The van der Waals surface area contributed by atoms with Crippen molar-refractivity contribution in [2.75, 3.05) is 31.4 Å². The van der Waals surface area contributed by atoms with Crippen LogP contribution in [-0.4, -0.2) is 35.7 Å². The van der Waals surface area contributed by atoms with Crippen LogP contribution in [0.1, 0.15) is 6.92 Å². The first kappa shape index (κ1) is 15.1. The van der Waals surface area contributed by atoms with Crippen LogP contribution >= 0.6 is 11.6 Å². The van der Waals surface area contributed by atoms with Crippen LogP contribution in [0.4, 0.5) is 17.6 Å². The molecule has 0 unspecified atom stereocenters. The summed E-state index contributed by atoms with van der Waals surface area (Å²) >= 11 is 5.87. The van der Waals surface area contributed by atoms with Gasteiger partial charge in [-0.1, -0.05) is 0 Å². The first-order chi connectivity index (χ1) is 10.2. The topological polar surface area (TPSA) is 81.2 Å². The number of nitrogens with zero attached hydrogens (tertiary/aromatic N) is 3. The molecule has 0 aliphatic carbocycles. The summed E-state index contributed by atoms with van der Waals surface area (Å²) in [5.74, 6) is 2.01. The van der Waals surface area contributed by atoms with E-state index < -0.39 is 0 Å². The predicted molar refractivity (Wildman–Crippen MR) is 81.8 cm³/mol. The van der Waals surface area contributed by atoms with Crippen LogP contribution in [0.5, 0.6) is 11.5 Å². The van der Waals surface area contributed by atoms with Crippen LogP contribution in [0, 0.1) is 0 Å². The summed E-state index contributed by atoms with van der Waals surface area (Å²) in [4.78, 5) is 12.2. The summed E-state index contributed by atoms with van der Waals surface area (Å²) in [6.45, 7) is 2.63. The number of hydrogen-bond donors (Lipinski definition) is 2. The van der Waals surface area contributed by atoms with Gasteiger partial charge in [-0.05, 0) is 30.7 Å². The standard InChI is InChI=1S/C13H16ClN5O2/c1-4-15-12-17-11(14)18-13(19-12)16-8-5-6-9(20-2)10(7-8)21-3/h5-7H,4H2,1-3H3,(H2,15,16,17,18,19). The molecule has 0 spiro atoms. The zero-order valence-corrected chi connectivity index (χ0v) is 12.7. The van der Waals surface area contributed by atoms with E-state index in [1.54, 1.807) is 26.4 Å². The van der Waals surface area contributed by atoms with Crippen molar-refractivity contribution in [1.29, 1.82) is 0 Å². The number of ether oxygens (including phenoxy) is 2. The van der Waals surface area contributed by atoms with Crippen LogP contribution in [0.25, 0.3) is 0 Å². The molecule has 112 valence electrons. The van der Waals surface area contributed by atoms with E-state index >= 15 is 0 Å². The van der Waals surface area contributed by atoms with Crippen molar-refractivity contribution in [2.24, 2.45) is 0 Å². The van der Waals surface area contributed by atoms with E-state index in [1.165, 1.54) is 0 Å². The first-order valence-electron chi connectivity index (χ1n) is 6.30. The Bertz CT molecular complexity index is 624. The second-order valence-corrected chi connectivity index (χ2v) is 4.31. The highest BCUT2D eigenvalue weighted by Gasteiger charge is 2.08. The SMILES string of the molecule is CCNc1nc(Cl)nc(Nc2ccc(OC)c(OC)c2)n1. The van der Waals surface area contributed by atoms with Gasteiger partial charge in [-0.2, -0.15) is 15.0 Å². The van der Waals surface area contributed by atoms with E-state index in [0.29, 0.717) is 29.9 Å². The summed E-state index contributed by atoms with van der Waals surface area (Å²) in [5, 5.41) is 6.15. The lowest BCUT2D eigenvalue weighted by molar-refractivity contribution is 0.355. The molecule has 7 nitrogen and oxygen atoms in total. The number of aromatic nitrogens is 3. The highest BCUT2D eigenvalue weighted by molar-refractivity contribution is 6.28. The highest BCUT2D eigenvalue weighted by atomic mass is 35.5. The van der Waals surface area contributed by atoms with Gasteiger partial charge in [0.1, 0.15) is 0 Å². The van der Waals surface area contributed by atoms with Gasteiger partial charge < -0.3 is 20.1 Å². The molecule has 0 atom stereocenters. The Labute approximate surface area is 127 Å². The Hall–Kier alpha value is -2.28. The molecule has 1 aromatic heterocycles. The average molecular weight is 310 g/mol. The fourth-order valence-electron chi connectivity index (χ4n) is 1.69. The Morgan fingerprint density at radius 2 is 1.76 bits per heavy atom. The summed E-state index contributed by atoms with van der Waals surface area (Å²) in [5.41, 5.74) is 0.748. The molecule has 0 aliphatic heterocycles. The van der Waals surface area contributed by atoms with Crippen molar-refractivity contribution >= 4 is 29.2 Å². The minimum absolute atomic E-state index is 0.115. The molecule has 2 aromatic rings. The third-order valence-electron chi connectivity index (χ3n) is 2.58. The third kappa shape index (κ3) is 3.85. The Morgan fingerprint density at radius 3 is 2.43 bits per heavy atom. The number of rotatable bonds is 6. The molecule has 0 aliphatic rings. The van der Waals surface area contributed by atoms with E-state index in [-0.39, 0.29) is 5.28 Å². The van der Waals surface area contributed by atoms with Crippen LogP contribution in [-0.2, 0) is 0 Å². The number of benzene rings is 1. The largest absolute Gasteiger partial charge is 0.493 e. The molecule has 1 heterocycles. The lowest BCUT2D eigenvalue weighted by Gasteiger charge is -2.11. The number of nitrogens with one attached hydrogen (secondary N) is 2. The van der Waals surface area contributed by atoms with Gasteiger partial charge in [0.25, 0.3) is 0 Å². The quantitative estimate of drug-likeness (QED) is 0.849. The van der Waals surface area contributed by atoms with Gasteiger partial charge in [0.2, 0.25) is 17.2 Å². The summed E-state index contributed by atoms with van der Waals surface area (Å²) in [6.07, 6.45) is 0. The van der Waals surface area contributed by atoms with Gasteiger partial charge in [0.05, 0.1) is 14.2 Å². The third-order valence-corrected chi connectivity index (χ3v) is 2.75. The number of methoxy groups -OCH3 is 2. The molecule has 0 bridgehead atoms. The van der Waals surface area contributed by atoms with Gasteiger partial charge in [-0.15, -0.1) is 0 Å². The van der Waals surface area contributed by atoms with Crippen LogP contribution in [0.3, 0.4) is 0 Å². The van der Waals surface area contributed by atoms with Crippen LogP contribution < -0.4 is 20.1 Å². The van der Waals surface area contributed by atoms with Crippen molar-refractivity contribution in [1.82, 2.24) is 15.0 Å². The molecule has 0 amide bonds. The van der Waals surface area contributed by atoms with Gasteiger partial charge >= 0.3 is 0 Å². The lowest BCUT2D eigenvalue weighted by atomic mass is 10.3. The Kier molecular flexibility index (Phi) is 4.99. The van der Waals surface area contributed by atoms with Gasteiger partial charge in [-0.3, -0.25) is 0 Å². The van der Waals surface area contributed by atoms with Crippen LogP contribution in [0.15, 0.2) is 18.2 Å². The maximum absolute atomic E-state index is 5.87. The van der Waals surface area contributed by atoms with Crippen LogP contribution in [0.2, 0.25) is 5.28 Å². The maximum atomic E-state index is 5.87. The fourth-order valence-corrected chi connectivity index (χ4v) is 1.85.